The second-order valence-corrected chi connectivity index (χ2v) is 11.1. The van der Waals surface area contributed by atoms with Crippen molar-refractivity contribution >= 4 is 33.1 Å². The Morgan fingerprint density at radius 2 is 1.47 bits per heavy atom. The summed E-state index contributed by atoms with van der Waals surface area (Å²) in [5, 5.41) is 6.63. The Morgan fingerprint density at radius 1 is 0.900 bits per heavy atom. The lowest BCUT2D eigenvalue weighted by atomic mass is 9.55. The fraction of sp³-hybridized carbons (Fsp3) is 0.391. The number of rotatable bonds is 4. The highest BCUT2D eigenvalue weighted by atomic mass is 32.2. The maximum atomic E-state index is 12.4. The first kappa shape index (κ1) is 21.0. The number of sulfone groups is 1. The van der Waals surface area contributed by atoms with Gasteiger partial charge in [0, 0.05) is 17.4 Å². The zero-order valence-electron chi connectivity index (χ0n) is 17.0. The predicted octanol–water partition coefficient (Wildman–Crippen LogP) is 3.74. The molecule has 30 heavy (non-hydrogen) atoms. The Balaban J connectivity index is 1.40. The van der Waals surface area contributed by atoms with Crippen molar-refractivity contribution < 1.29 is 13.2 Å². The monoisotopic (exact) mass is 442 g/mol. The van der Waals surface area contributed by atoms with E-state index in [0.29, 0.717) is 15.6 Å². The molecule has 0 unspecified atom stereocenters. The number of hydrogen-bond donors (Lipinski definition) is 2. The summed E-state index contributed by atoms with van der Waals surface area (Å²) in [5.41, 5.74) is 1.84. The second-order valence-electron chi connectivity index (χ2n) is 8.63. The van der Waals surface area contributed by atoms with E-state index < -0.39 is 9.84 Å². The summed E-state index contributed by atoms with van der Waals surface area (Å²) < 4.78 is 23.5. The van der Waals surface area contributed by atoms with Crippen molar-refractivity contribution in [1.82, 2.24) is 10.6 Å². The van der Waals surface area contributed by atoms with Crippen LogP contribution in [0.3, 0.4) is 0 Å². The molecule has 5 rings (SSSR count). The average Bonchev–Trinajstić information content (AvgIpc) is 2.75. The normalized spacial score (nSPS) is 25.5. The Hall–Kier alpha value is -2.25. The molecular formula is C23H26N2O3S2. The van der Waals surface area contributed by atoms with E-state index >= 15 is 0 Å². The van der Waals surface area contributed by atoms with E-state index in [1.165, 1.54) is 11.8 Å². The molecule has 5 nitrogen and oxygen atoms in total. The van der Waals surface area contributed by atoms with E-state index in [1.54, 1.807) is 24.3 Å². The molecular weight excluding hydrogens is 416 g/mol. The van der Waals surface area contributed by atoms with Gasteiger partial charge in [0.25, 0.3) is 5.91 Å². The van der Waals surface area contributed by atoms with Gasteiger partial charge in [-0.05, 0) is 86.0 Å². The smallest absolute Gasteiger partial charge is 0.257 e. The van der Waals surface area contributed by atoms with Crippen molar-refractivity contribution in [3.05, 3.63) is 65.7 Å². The summed E-state index contributed by atoms with van der Waals surface area (Å²) in [4.78, 5) is 12.7. The molecule has 2 aromatic carbocycles. The third-order valence-corrected chi connectivity index (χ3v) is 8.12. The molecule has 0 spiro atoms. The van der Waals surface area contributed by atoms with Crippen molar-refractivity contribution in [1.29, 1.82) is 0 Å². The van der Waals surface area contributed by atoms with Gasteiger partial charge in [-0.25, -0.2) is 8.42 Å². The molecule has 158 valence electrons. The summed E-state index contributed by atoms with van der Waals surface area (Å²) >= 11 is 5.44. The Kier molecular flexibility index (Phi) is 5.45. The predicted molar refractivity (Wildman–Crippen MR) is 121 cm³/mol. The van der Waals surface area contributed by atoms with Crippen LogP contribution in [0.25, 0.3) is 0 Å². The van der Waals surface area contributed by atoms with Crippen LogP contribution in [-0.4, -0.2) is 31.2 Å². The van der Waals surface area contributed by atoms with Crippen LogP contribution in [-0.2, 0) is 15.3 Å². The van der Waals surface area contributed by atoms with Gasteiger partial charge in [-0.3, -0.25) is 10.1 Å². The lowest BCUT2D eigenvalue weighted by Gasteiger charge is -2.54. The average molecular weight is 443 g/mol. The maximum absolute atomic E-state index is 12.4. The largest absolute Gasteiger partial charge is 0.357 e. The van der Waals surface area contributed by atoms with Crippen molar-refractivity contribution in [3.8, 4) is 0 Å². The molecule has 1 amide bonds. The first-order valence-electron chi connectivity index (χ1n) is 10.2. The van der Waals surface area contributed by atoms with Crippen LogP contribution in [0.1, 0.15) is 54.4 Å². The van der Waals surface area contributed by atoms with Gasteiger partial charge in [-0.1, -0.05) is 30.3 Å². The van der Waals surface area contributed by atoms with E-state index in [9.17, 15) is 13.2 Å². The van der Waals surface area contributed by atoms with Crippen LogP contribution in [0.5, 0.6) is 0 Å². The lowest BCUT2D eigenvalue weighted by Crippen LogP contribution is -2.60. The fourth-order valence-corrected chi connectivity index (χ4v) is 5.84. The molecule has 0 atom stereocenters. The van der Waals surface area contributed by atoms with E-state index in [1.807, 2.05) is 30.3 Å². The highest BCUT2D eigenvalue weighted by Gasteiger charge is 2.49. The molecule has 3 saturated carbocycles. The zero-order chi connectivity index (χ0) is 21.4. The summed E-state index contributed by atoms with van der Waals surface area (Å²) in [6.45, 7) is 0. The summed E-state index contributed by atoms with van der Waals surface area (Å²) in [7, 11) is -3.18. The Morgan fingerprint density at radius 3 is 2.00 bits per heavy atom. The standard InChI is InChI=1S/C23H26N2O3S2/c1-30(27,28)19-9-7-18(8-10-19)22-11-14-23(15-12-22,16-13-22)25-21(29)24-20(26)17-5-3-2-4-6-17/h2-10H,11-16H2,1H3,(H2,24,25,26,29). The van der Waals surface area contributed by atoms with Gasteiger partial charge in [0.2, 0.25) is 0 Å². The molecule has 0 heterocycles. The summed E-state index contributed by atoms with van der Waals surface area (Å²) in [6.07, 6.45) is 7.22. The minimum atomic E-state index is -3.18. The molecule has 3 aliphatic rings. The topological polar surface area (TPSA) is 75.3 Å². The van der Waals surface area contributed by atoms with Gasteiger partial charge in [-0.15, -0.1) is 0 Å². The molecule has 0 radical (unpaired) electrons. The van der Waals surface area contributed by atoms with E-state index in [0.717, 1.165) is 38.5 Å². The Bertz CT molecular complexity index is 1040. The molecule has 2 bridgehead atoms. The lowest BCUT2D eigenvalue weighted by molar-refractivity contribution is 0.0898. The molecule has 3 fully saturated rings. The van der Waals surface area contributed by atoms with Gasteiger partial charge in [0.05, 0.1) is 4.90 Å². The van der Waals surface area contributed by atoms with Gasteiger partial charge in [0.15, 0.2) is 14.9 Å². The van der Waals surface area contributed by atoms with Gasteiger partial charge in [-0.2, -0.15) is 0 Å². The number of thiocarbonyl (C=S) groups is 1. The van der Waals surface area contributed by atoms with E-state index in [-0.39, 0.29) is 16.9 Å². The number of amides is 1. The quantitative estimate of drug-likeness (QED) is 0.706. The van der Waals surface area contributed by atoms with Crippen molar-refractivity contribution in [2.24, 2.45) is 0 Å². The van der Waals surface area contributed by atoms with E-state index in [2.05, 4.69) is 10.6 Å². The third kappa shape index (κ3) is 4.14. The van der Waals surface area contributed by atoms with Crippen molar-refractivity contribution in [3.63, 3.8) is 0 Å². The number of benzene rings is 2. The van der Waals surface area contributed by atoms with Crippen LogP contribution in [0, 0.1) is 0 Å². The second kappa shape index (κ2) is 7.78. The van der Waals surface area contributed by atoms with Crippen LogP contribution >= 0.6 is 12.2 Å². The summed E-state index contributed by atoms with van der Waals surface area (Å²) in [6, 6.07) is 16.5. The van der Waals surface area contributed by atoms with Crippen LogP contribution in [0.4, 0.5) is 0 Å². The van der Waals surface area contributed by atoms with Crippen LogP contribution < -0.4 is 10.6 Å². The minimum Gasteiger partial charge on any atom is -0.357 e. The fourth-order valence-electron chi connectivity index (χ4n) is 4.90. The molecule has 0 aromatic heterocycles. The minimum absolute atomic E-state index is 0.0739. The molecule has 2 N–H and O–H groups in total. The maximum Gasteiger partial charge on any atom is 0.257 e. The number of nitrogens with one attached hydrogen (secondary N) is 2. The number of carbonyl (C=O) groups excluding carboxylic acids is 1. The third-order valence-electron chi connectivity index (χ3n) is 6.78. The zero-order valence-corrected chi connectivity index (χ0v) is 18.6. The Labute approximate surface area is 183 Å². The molecule has 3 aliphatic carbocycles. The number of fused-ring (bicyclic) bond motifs is 3. The first-order chi connectivity index (χ1) is 14.2. The number of hydrogen-bond acceptors (Lipinski definition) is 4. The summed E-state index contributed by atoms with van der Waals surface area (Å²) in [5.74, 6) is -0.198. The van der Waals surface area contributed by atoms with Crippen molar-refractivity contribution in [2.75, 3.05) is 6.26 Å². The molecule has 7 heteroatoms. The molecule has 2 aromatic rings. The van der Waals surface area contributed by atoms with Gasteiger partial charge in [0.1, 0.15) is 0 Å². The molecule has 0 saturated heterocycles. The van der Waals surface area contributed by atoms with Crippen LogP contribution in [0.2, 0.25) is 0 Å². The first-order valence-corrected chi connectivity index (χ1v) is 12.5. The van der Waals surface area contributed by atoms with Gasteiger partial charge < -0.3 is 5.32 Å². The number of carbonyl (C=O) groups is 1. The van der Waals surface area contributed by atoms with Crippen molar-refractivity contribution in [2.45, 2.75) is 54.4 Å². The highest BCUT2D eigenvalue weighted by Crippen LogP contribution is 2.53. The highest BCUT2D eigenvalue weighted by molar-refractivity contribution is 7.90. The van der Waals surface area contributed by atoms with Gasteiger partial charge >= 0.3 is 0 Å². The molecule has 0 aliphatic heterocycles. The SMILES string of the molecule is CS(=O)(=O)c1ccc(C23CCC(NC(=S)NC(=O)c4ccccc4)(CC2)CC3)cc1. The van der Waals surface area contributed by atoms with Crippen LogP contribution in [0.15, 0.2) is 59.5 Å². The van der Waals surface area contributed by atoms with E-state index in [4.69, 9.17) is 12.2 Å².